The zero-order chi connectivity index (χ0) is 13.5. The summed E-state index contributed by atoms with van der Waals surface area (Å²) in [5.74, 6) is 1.82. The van der Waals surface area contributed by atoms with E-state index >= 15 is 0 Å². The Labute approximate surface area is 115 Å². The number of para-hydroxylation sites is 1. The molecule has 1 N–H and O–H groups in total. The van der Waals surface area contributed by atoms with Crippen LogP contribution in [0.1, 0.15) is 38.0 Å². The van der Waals surface area contributed by atoms with Crippen LogP contribution in [-0.4, -0.2) is 6.54 Å². The second-order valence-electron chi connectivity index (χ2n) is 6.25. The van der Waals surface area contributed by atoms with Crippen LogP contribution in [0, 0.1) is 18.3 Å². The Morgan fingerprint density at radius 2 is 2.00 bits per heavy atom. The summed E-state index contributed by atoms with van der Waals surface area (Å²) in [6, 6.07) is 8.30. The number of hydrogen-bond acceptors (Lipinski definition) is 2. The molecule has 102 valence electrons. The zero-order valence-corrected chi connectivity index (χ0v) is 12.1. The molecule has 0 atom stereocenters. The van der Waals surface area contributed by atoms with Gasteiger partial charge in [-0.15, -0.1) is 0 Å². The van der Waals surface area contributed by atoms with Crippen LogP contribution in [0.25, 0.3) is 11.0 Å². The highest BCUT2D eigenvalue weighted by Crippen LogP contribution is 2.51. The van der Waals surface area contributed by atoms with E-state index in [1.807, 2.05) is 12.1 Å². The van der Waals surface area contributed by atoms with E-state index < -0.39 is 0 Å². The van der Waals surface area contributed by atoms with Crippen LogP contribution in [-0.2, 0) is 6.54 Å². The minimum absolute atomic E-state index is 0.563. The van der Waals surface area contributed by atoms with Crippen LogP contribution in [0.4, 0.5) is 0 Å². The fraction of sp³-hybridized carbons (Fsp3) is 0.529. The van der Waals surface area contributed by atoms with Crippen molar-refractivity contribution >= 4 is 11.0 Å². The van der Waals surface area contributed by atoms with Crippen molar-refractivity contribution in [1.29, 1.82) is 0 Å². The second kappa shape index (κ2) is 4.68. The highest BCUT2D eigenvalue weighted by molar-refractivity contribution is 5.82. The van der Waals surface area contributed by atoms with Gasteiger partial charge in [-0.05, 0) is 37.2 Å². The van der Waals surface area contributed by atoms with Crippen molar-refractivity contribution in [3.63, 3.8) is 0 Å². The topological polar surface area (TPSA) is 25.2 Å². The fourth-order valence-electron chi connectivity index (χ4n) is 3.00. The predicted molar refractivity (Wildman–Crippen MR) is 79.2 cm³/mol. The number of furan rings is 1. The van der Waals surface area contributed by atoms with Crippen molar-refractivity contribution in [1.82, 2.24) is 5.32 Å². The quantitative estimate of drug-likeness (QED) is 0.865. The van der Waals surface area contributed by atoms with Gasteiger partial charge in [-0.2, -0.15) is 0 Å². The Hall–Kier alpha value is -1.28. The molecule has 0 radical (unpaired) electrons. The summed E-state index contributed by atoms with van der Waals surface area (Å²) in [4.78, 5) is 0. The number of aryl methyl sites for hydroxylation is 1. The molecule has 1 fully saturated rings. The molecule has 1 saturated carbocycles. The maximum absolute atomic E-state index is 5.80. The molecule has 0 aliphatic heterocycles. The minimum atomic E-state index is 0.563. The summed E-state index contributed by atoms with van der Waals surface area (Å²) in [6.45, 7) is 8.79. The molecule has 1 aromatic heterocycles. The van der Waals surface area contributed by atoms with Gasteiger partial charge in [0.1, 0.15) is 11.3 Å². The van der Waals surface area contributed by atoms with Gasteiger partial charge >= 0.3 is 0 Å². The molecule has 1 aliphatic rings. The lowest BCUT2D eigenvalue weighted by Crippen LogP contribution is -2.27. The highest BCUT2D eigenvalue weighted by Gasteiger charge is 2.44. The zero-order valence-electron chi connectivity index (χ0n) is 12.1. The van der Waals surface area contributed by atoms with E-state index in [1.165, 1.54) is 23.8 Å². The second-order valence-corrected chi connectivity index (χ2v) is 6.25. The molecular weight excluding hydrogens is 234 g/mol. The molecule has 0 unspecified atom stereocenters. The first kappa shape index (κ1) is 12.7. The van der Waals surface area contributed by atoms with E-state index in [0.29, 0.717) is 5.41 Å². The van der Waals surface area contributed by atoms with Crippen LogP contribution < -0.4 is 5.32 Å². The molecule has 0 bridgehead atoms. The molecule has 2 aromatic rings. The van der Waals surface area contributed by atoms with Crippen molar-refractivity contribution in [2.75, 3.05) is 6.54 Å². The Balaban J connectivity index is 1.70. The lowest BCUT2D eigenvalue weighted by molar-refractivity contribution is 0.337. The van der Waals surface area contributed by atoms with Gasteiger partial charge in [0.2, 0.25) is 0 Å². The summed E-state index contributed by atoms with van der Waals surface area (Å²) in [7, 11) is 0. The molecule has 19 heavy (non-hydrogen) atoms. The molecule has 0 amide bonds. The van der Waals surface area contributed by atoms with Gasteiger partial charge in [0.25, 0.3) is 0 Å². The third-order valence-corrected chi connectivity index (χ3v) is 4.80. The molecule has 1 aromatic carbocycles. The first-order valence-electron chi connectivity index (χ1n) is 7.30. The van der Waals surface area contributed by atoms with E-state index in [0.717, 1.165) is 30.4 Å². The summed E-state index contributed by atoms with van der Waals surface area (Å²) in [5, 5.41) is 4.90. The normalized spacial score (nSPS) is 17.3. The van der Waals surface area contributed by atoms with Crippen LogP contribution >= 0.6 is 0 Å². The van der Waals surface area contributed by atoms with Crippen molar-refractivity contribution in [2.45, 2.75) is 40.2 Å². The lowest BCUT2D eigenvalue weighted by atomic mass is 9.92. The Bertz CT molecular complexity index is 578. The monoisotopic (exact) mass is 257 g/mol. The first-order chi connectivity index (χ1) is 9.12. The lowest BCUT2D eigenvalue weighted by Gasteiger charge is -2.20. The molecule has 2 nitrogen and oxygen atoms in total. The minimum Gasteiger partial charge on any atom is -0.461 e. The first-order valence-corrected chi connectivity index (χ1v) is 7.30. The Morgan fingerprint density at radius 1 is 1.26 bits per heavy atom. The summed E-state index contributed by atoms with van der Waals surface area (Å²) < 4.78 is 5.80. The average Bonchev–Trinajstić information content (AvgIpc) is 3.10. The van der Waals surface area contributed by atoms with E-state index in [4.69, 9.17) is 4.42 Å². The Kier molecular flexibility index (Phi) is 3.14. The molecule has 3 rings (SSSR count). The highest BCUT2D eigenvalue weighted by atomic mass is 16.3. The number of nitrogens with one attached hydrogen (secondary N) is 1. The van der Waals surface area contributed by atoms with E-state index in [9.17, 15) is 0 Å². The van der Waals surface area contributed by atoms with Crippen molar-refractivity contribution in [2.24, 2.45) is 11.3 Å². The largest absolute Gasteiger partial charge is 0.461 e. The number of fused-ring (bicyclic) bond motifs is 1. The molecule has 1 aliphatic carbocycles. The summed E-state index contributed by atoms with van der Waals surface area (Å²) >= 11 is 0. The third kappa shape index (κ3) is 2.30. The van der Waals surface area contributed by atoms with Gasteiger partial charge in [0.05, 0.1) is 0 Å². The average molecular weight is 257 g/mol. The number of rotatable bonds is 5. The molecule has 0 saturated heterocycles. The van der Waals surface area contributed by atoms with Crippen LogP contribution in [0.3, 0.4) is 0 Å². The van der Waals surface area contributed by atoms with Crippen molar-refractivity contribution in [3.8, 4) is 0 Å². The maximum Gasteiger partial charge on any atom is 0.134 e. The maximum atomic E-state index is 5.80. The van der Waals surface area contributed by atoms with E-state index in [1.54, 1.807) is 0 Å². The molecular formula is C17H23NO. The SMILES string of the molecule is Cc1oc2ccccc2c1CNCC1(C(C)C)CC1. The van der Waals surface area contributed by atoms with Crippen LogP contribution in [0.15, 0.2) is 28.7 Å². The summed E-state index contributed by atoms with van der Waals surface area (Å²) in [5.41, 5.74) is 2.88. The fourth-order valence-corrected chi connectivity index (χ4v) is 3.00. The van der Waals surface area contributed by atoms with Gasteiger partial charge < -0.3 is 9.73 Å². The van der Waals surface area contributed by atoms with E-state index in [-0.39, 0.29) is 0 Å². The van der Waals surface area contributed by atoms with Crippen LogP contribution in [0.2, 0.25) is 0 Å². The third-order valence-electron chi connectivity index (χ3n) is 4.80. The molecule has 2 heteroatoms. The van der Waals surface area contributed by atoms with Crippen molar-refractivity contribution < 1.29 is 4.42 Å². The van der Waals surface area contributed by atoms with Gasteiger partial charge in [-0.3, -0.25) is 0 Å². The van der Waals surface area contributed by atoms with Gasteiger partial charge in [0.15, 0.2) is 0 Å². The van der Waals surface area contributed by atoms with Gasteiger partial charge in [0, 0.05) is 24.0 Å². The predicted octanol–water partition coefficient (Wildman–Crippen LogP) is 4.27. The smallest absolute Gasteiger partial charge is 0.134 e. The standard InChI is InChI=1S/C17H23NO/c1-12(2)17(8-9-17)11-18-10-15-13(3)19-16-7-5-4-6-14(15)16/h4-7,12,18H,8-11H2,1-3H3. The summed E-state index contributed by atoms with van der Waals surface area (Å²) in [6.07, 6.45) is 2.76. The number of hydrogen-bond donors (Lipinski definition) is 1. The van der Waals surface area contributed by atoms with Crippen LogP contribution in [0.5, 0.6) is 0 Å². The number of benzene rings is 1. The van der Waals surface area contributed by atoms with Gasteiger partial charge in [-0.25, -0.2) is 0 Å². The van der Waals surface area contributed by atoms with E-state index in [2.05, 4.69) is 38.2 Å². The molecule has 0 spiro atoms. The Morgan fingerprint density at radius 3 is 2.68 bits per heavy atom. The van der Waals surface area contributed by atoms with Crippen molar-refractivity contribution in [3.05, 3.63) is 35.6 Å². The molecule has 1 heterocycles. The van der Waals surface area contributed by atoms with Gasteiger partial charge in [-0.1, -0.05) is 32.0 Å².